The number of hydrogen-bond donors (Lipinski definition) is 1. The molecular weight excluding hydrogens is 264 g/mol. The molecule has 1 unspecified atom stereocenters. The van der Waals surface area contributed by atoms with E-state index in [0.29, 0.717) is 12.5 Å². The topological polar surface area (TPSA) is 49.4 Å². The van der Waals surface area contributed by atoms with E-state index in [9.17, 15) is 9.59 Å². The fourth-order valence-corrected chi connectivity index (χ4v) is 3.56. The van der Waals surface area contributed by atoms with E-state index in [1.165, 1.54) is 24.0 Å². The van der Waals surface area contributed by atoms with Crippen molar-refractivity contribution in [1.29, 1.82) is 0 Å². The largest absolute Gasteiger partial charge is 0.342 e. The Morgan fingerprint density at radius 3 is 2.76 bits per heavy atom. The molecule has 1 saturated heterocycles. The molecule has 1 atom stereocenters. The molecule has 21 heavy (non-hydrogen) atoms. The van der Waals surface area contributed by atoms with Crippen LogP contribution in [-0.4, -0.2) is 29.3 Å². The number of piperazine rings is 1. The van der Waals surface area contributed by atoms with E-state index in [4.69, 9.17) is 0 Å². The number of aryl methyl sites for hydroxylation is 2. The molecule has 4 heteroatoms. The predicted octanol–water partition coefficient (Wildman–Crippen LogP) is 1.41. The van der Waals surface area contributed by atoms with Crippen LogP contribution in [0.4, 0.5) is 0 Å². The van der Waals surface area contributed by atoms with Gasteiger partial charge in [-0.2, -0.15) is 0 Å². The van der Waals surface area contributed by atoms with Gasteiger partial charge in [0.1, 0.15) is 6.04 Å². The van der Waals surface area contributed by atoms with E-state index < -0.39 is 0 Å². The maximum absolute atomic E-state index is 12.5. The summed E-state index contributed by atoms with van der Waals surface area (Å²) in [5.74, 6) is 0.439. The molecule has 0 aromatic heterocycles. The Balaban J connectivity index is 1.52. The first-order valence-electron chi connectivity index (χ1n) is 7.89. The first kappa shape index (κ1) is 12.9. The van der Waals surface area contributed by atoms with Gasteiger partial charge in [0.05, 0.1) is 6.54 Å². The molecule has 1 aliphatic heterocycles. The molecule has 0 radical (unpaired) electrons. The maximum atomic E-state index is 12.5. The molecule has 1 N–H and O–H groups in total. The van der Waals surface area contributed by atoms with E-state index in [1.807, 2.05) is 0 Å². The van der Waals surface area contributed by atoms with Gasteiger partial charge in [0, 0.05) is 6.54 Å². The van der Waals surface area contributed by atoms with E-state index in [2.05, 4.69) is 23.5 Å². The molecule has 1 saturated carbocycles. The fraction of sp³-hybridized carbons (Fsp3) is 0.529. The van der Waals surface area contributed by atoms with E-state index in [1.54, 1.807) is 4.90 Å². The zero-order valence-electron chi connectivity index (χ0n) is 12.1. The zero-order valence-corrected chi connectivity index (χ0v) is 12.1. The van der Waals surface area contributed by atoms with Gasteiger partial charge in [0.2, 0.25) is 11.8 Å². The smallest absolute Gasteiger partial charge is 0.246 e. The second kappa shape index (κ2) is 4.86. The number of benzene rings is 1. The summed E-state index contributed by atoms with van der Waals surface area (Å²) in [6.45, 7) is 0.752. The summed E-state index contributed by atoms with van der Waals surface area (Å²) < 4.78 is 0. The number of nitrogens with zero attached hydrogens (tertiary/aromatic N) is 1. The van der Waals surface area contributed by atoms with Crippen LogP contribution in [0.5, 0.6) is 0 Å². The minimum Gasteiger partial charge on any atom is -0.342 e. The molecule has 4 nitrogen and oxygen atoms in total. The fourth-order valence-electron chi connectivity index (χ4n) is 3.56. The first-order chi connectivity index (χ1) is 10.2. The van der Waals surface area contributed by atoms with Crippen LogP contribution < -0.4 is 5.32 Å². The molecule has 1 aromatic carbocycles. The number of carbonyl (C=O) groups excluding carboxylic acids is 2. The van der Waals surface area contributed by atoms with Gasteiger partial charge in [-0.1, -0.05) is 18.2 Å². The molecule has 4 rings (SSSR count). The SMILES string of the molecule is O=C1CN(Cc2ccc3c(c2)CCC3)C(=O)C(C2CC2)N1. The molecule has 0 spiro atoms. The number of nitrogens with one attached hydrogen (secondary N) is 1. The van der Waals surface area contributed by atoms with Gasteiger partial charge in [0.15, 0.2) is 0 Å². The van der Waals surface area contributed by atoms with Crippen molar-refractivity contribution in [2.45, 2.75) is 44.7 Å². The molecule has 0 bridgehead atoms. The minimum absolute atomic E-state index is 0.0207. The Morgan fingerprint density at radius 2 is 1.95 bits per heavy atom. The minimum atomic E-state index is -0.277. The van der Waals surface area contributed by atoms with E-state index >= 15 is 0 Å². The highest BCUT2D eigenvalue weighted by atomic mass is 16.2. The van der Waals surface area contributed by atoms with Crippen molar-refractivity contribution in [2.75, 3.05) is 6.54 Å². The van der Waals surface area contributed by atoms with Gasteiger partial charge in [-0.25, -0.2) is 0 Å². The average molecular weight is 284 g/mol. The second-order valence-corrected chi connectivity index (χ2v) is 6.53. The lowest BCUT2D eigenvalue weighted by Gasteiger charge is -2.32. The lowest BCUT2D eigenvalue weighted by molar-refractivity contribution is -0.145. The zero-order chi connectivity index (χ0) is 14.4. The highest BCUT2D eigenvalue weighted by Crippen LogP contribution is 2.34. The van der Waals surface area contributed by atoms with E-state index in [0.717, 1.165) is 24.8 Å². The van der Waals surface area contributed by atoms with Crippen molar-refractivity contribution in [3.63, 3.8) is 0 Å². The van der Waals surface area contributed by atoms with Crippen LogP contribution in [0.25, 0.3) is 0 Å². The summed E-state index contributed by atoms with van der Waals surface area (Å²) in [4.78, 5) is 26.1. The predicted molar refractivity (Wildman–Crippen MR) is 78.5 cm³/mol. The quantitative estimate of drug-likeness (QED) is 0.912. The molecule has 2 fully saturated rings. The number of carbonyl (C=O) groups is 2. The number of hydrogen-bond acceptors (Lipinski definition) is 2. The second-order valence-electron chi connectivity index (χ2n) is 6.53. The lowest BCUT2D eigenvalue weighted by atomic mass is 10.0. The Kier molecular flexibility index (Phi) is 2.98. The van der Waals surface area contributed by atoms with Crippen molar-refractivity contribution in [2.24, 2.45) is 5.92 Å². The Bertz CT molecular complexity index is 607. The third-order valence-electron chi connectivity index (χ3n) is 4.86. The first-order valence-corrected chi connectivity index (χ1v) is 7.89. The number of rotatable bonds is 3. The summed E-state index contributed by atoms with van der Waals surface area (Å²) in [5, 5.41) is 2.86. The van der Waals surface area contributed by atoms with Crippen molar-refractivity contribution >= 4 is 11.8 Å². The van der Waals surface area contributed by atoms with Crippen molar-refractivity contribution in [3.8, 4) is 0 Å². The van der Waals surface area contributed by atoms with Crippen LogP contribution in [0.15, 0.2) is 18.2 Å². The average Bonchev–Trinajstić information content (AvgIpc) is 3.20. The third-order valence-corrected chi connectivity index (χ3v) is 4.86. The monoisotopic (exact) mass is 284 g/mol. The normalized spacial score (nSPS) is 25.0. The highest BCUT2D eigenvalue weighted by Gasteiger charge is 2.42. The standard InChI is InChI=1S/C17H20N2O2/c20-15-10-19(17(21)16(18-15)13-6-7-13)9-11-4-5-12-2-1-3-14(12)8-11/h4-5,8,13,16H,1-3,6-7,9-10H2,(H,18,20). The van der Waals surface area contributed by atoms with Crippen LogP contribution in [0.1, 0.15) is 36.0 Å². The molecule has 110 valence electrons. The van der Waals surface area contributed by atoms with Crippen LogP contribution >= 0.6 is 0 Å². The van der Waals surface area contributed by atoms with Crippen LogP contribution in [-0.2, 0) is 29.0 Å². The highest BCUT2D eigenvalue weighted by molar-refractivity contribution is 5.95. The number of fused-ring (bicyclic) bond motifs is 1. The molecule has 2 aliphatic carbocycles. The number of amides is 2. The van der Waals surface area contributed by atoms with Gasteiger partial charge in [-0.05, 0) is 54.7 Å². The molecule has 2 amide bonds. The summed E-state index contributed by atoms with van der Waals surface area (Å²) in [7, 11) is 0. The summed E-state index contributed by atoms with van der Waals surface area (Å²) in [6, 6.07) is 6.23. The third kappa shape index (κ3) is 2.43. The van der Waals surface area contributed by atoms with E-state index in [-0.39, 0.29) is 24.4 Å². The van der Waals surface area contributed by atoms with Crippen LogP contribution in [0, 0.1) is 5.92 Å². The molecule has 3 aliphatic rings. The van der Waals surface area contributed by atoms with Crippen LogP contribution in [0.2, 0.25) is 0 Å². The van der Waals surface area contributed by atoms with Crippen molar-refractivity contribution in [3.05, 3.63) is 34.9 Å². The van der Waals surface area contributed by atoms with Crippen molar-refractivity contribution < 1.29 is 9.59 Å². The van der Waals surface area contributed by atoms with Gasteiger partial charge < -0.3 is 10.2 Å². The van der Waals surface area contributed by atoms with Crippen molar-refractivity contribution in [1.82, 2.24) is 10.2 Å². The summed E-state index contributed by atoms with van der Waals surface area (Å²) >= 11 is 0. The lowest BCUT2D eigenvalue weighted by Crippen LogP contribution is -2.58. The maximum Gasteiger partial charge on any atom is 0.246 e. The molecular formula is C17H20N2O2. The molecule has 1 heterocycles. The summed E-state index contributed by atoms with van der Waals surface area (Å²) in [5.41, 5.74) is 4.01. The Morgan fingerprint density at radius 1 is 1.14 bits per heavy atom. The van der Waals surface area contributed by atoms with Gasteiger partial charge in [-0.15, -0.1) is 0 Å². The summed E-state index contributed by atoms with van der Waals surface area (Å²) in [6.07, 6.45) is 5.66. The van der Waals surface area contributed by atoms with Gasteiger partial charge >= 0.3 is 0 Å². The molecule has 1 aromatic rings. The van der Waals surface area contributed by atoms with Gasteiger partial charge in [0.25, 0.3) is 0 Å². The van der Waals surface area contributed by atoms with Gasteiger partial charge in [-0.3, -0.25) is 9.59 Å². The van der Waals surface area contributed by atoms with Crippen LogP contribution in [0.3, 0.4) is 0 Å². The Hall–Kier alpha value is -1.84. The Labute approximate surface area is 124 Å².